The lowest BCUT2D eigenvalue weighted by atomic mass is 9.61. The van der Waals surface area contributed by atoms with Gasteiger partial charge in [-0.1, -0.05) is 74.9 Å². The van der Waals surface area contributed by atoms with E-state index < -0.39 is 0 Å². The van der Waals surface area contributed by atoms with E-state index in [1.165, 1.54) is 65.0 Å². The smallest absolute Gasteiger partial charge is 0.0971 e. The Morgan fingerprint density at radius 2 is 1.67 bits per heavy atom. The zero-order valence-corrected chi connectivity index (χ0v) is 19.5. The summed E-state index contributed by atoms with van der Waals surface area (Å²) in [5.74, 6) is 1.53. The molecule has 1 saturated carbocycles. The molecule has 3 nitrogen and oxygen atoms in total. The van der Waals surface area contributed by atoms with Gasteiger partial charge < -0.3 is 0 Å². The lowest BCUT2D eigenvalue weighted by Gasteiger charge is -2.44. The van der Waals surface area contributed by atoms with E-state index in [9.17, 15) is 0 Å². The Labute approximate surface area is 196 Å². The molecule has 1 fully saturated rings. The van der Waals surface area contributed by atoms with Crippen LogP contribution in [-0.4, -0.2) is 15.2 Å². The van der Waals surface area contributed by atoms with Gasteiger partial charge in [0.15, 0.2) is 0 Å². The fourth-order valence-electron chi connectivity index (χ4n) is 5.83. The number of hydrogen-bond acceptors (Lipinski definition) is 2. The molecule has 3 heteroatoms. The molecule has 0 amide bonds. The lowest BCUT2D eigenvalue weighted by Crippen LogP contribution is -2.35. The molecule has 0 spiro atoms. The molecule has 2 aliphatic carbocycles. The predicted octanol–water partition coefficient (Wildman–Crippen LogP) is 7.33. The van der Waals surface area contributed by atoms with Crippen LogP contribution in [0.5, 0.6) is 0 Å². The molecule has 0 saturated heterocycles. The second kappa shape index (κ2) is 7.98. The molecule has 1 N–H and O–H groups in total. The van der Waals surface area contributed by atoms with Crippen LogP contribution in [0.3, 0.4) is 0 Å². The topological polar surface area (TPSA) is 41.6 Å². The van der Waals surface area contributed by atoms with E-state index in [2.05, 4.69) is 84.7 Å². The third kappa shape index (κ3) is 3.51. The SMILES string of the molecule is C[C](C)CC1(c2ccc(-c3nc4c(cc3-c3ccccc3)-c3n[nH]cc3CC4)cc2)CCC1. The molecule has 165 valence electrons. The van der Waals surface area contributed by atoms with Gasteiger partial charge in [-0.3, -0.25) is 10.1 Å². The maximum Gasteiger partial charge on any atom is 0.0971 e. The van der Waals surface area contributed by atoms with E-state index in [-0.39, 0.29) is 0 Å². The molecule has 4 aromatic rings. The summed E-state index contributed by atoms with van der Waals surface area (Å²) in [7, 11) is 0. The Morgan fingerprint density at radius 3 is 2.36 bits per heavy atom. The lowest BCUT2D eigenvalue weighted by molar-refractivity contribution is 0.232. The van der Waals surface area contributed by atoms with Gasteiger partial charge in [-0.05, 0) is 66.2 Å². The van der Waals surface area contributed by atoms with E-state index in [1.54, 1.807) is 0 Å². The Hall–Kier alpha value is -3.20. The quantitative estimate of drug-likeness (QED) is 0.359. The minimum atomic E-state index is 0.346. The minimum Gasteiger partial charge on any atom is -0.285 e. The van der Waals surface area contributed by atoms with Gasteiger partial charge in [0.05, 0.1) is 17.1 Å². The second-order valence-electron chi connectivity index (χ2n) is 10.1. The molecular weight excluding hydrogens is 402 g/mol. The van der Waals surface area contributed by atoms with Crippen LogP contribution in [-0.2, 0) is 18.3 Å². The third-order valence-corrected chi connectivity index (χ3v) is 7.57. The van der Waals surface area contributed by atoms with Crippen molar-refractivity contribution >= 4 is 0 Å². The number of benzene rings is 2. The zero-order chi connectivity index (χ0) is 22.4. The van der Waals surface area contributed by atoms with Gasteiger partial charge in [0.2, 0.25) is 0 Å². The van der Waals surface area contributed by atoms with E-state index in [0.29, 0.717) is 5.41 Å². The second-order valence-corrected chi connectivity index (χ2v) is 10.1. The summed E-state index contributed by atoms with van der Waals surface area (Å²) >= 11 is 0. The zero-order valence-electron chi connectivity index (χ0n) is 19.5. The molecule has 2 heterocycles. The summed E-state index contributed by atoms with van der Waals surface area (Å²) in [6, 6.07) is 22.3. The van der Waals surface area contributed by atoms with Gasteiger partial charge in [0.1, 0.15) is 0 Å². The maximum absolute atomic E-state index is 5.25. The number of aryl methyl sites for hydroxylation is 2. The van der Waals surface area contributed by atoms with Gasteiger partial charge in [-0.2, -0.15) is 5.10 Å². The van der Waals surface area contributed by atoms with Crippen molar-refractivity contribution in [3.8, 4) is 33.6 Å². The summed E-state index contributed by atoms with van der Waals surface area (Å²) < 4.78 is 0. The van der Waals surface area contributed by atoms with Crippen LogP contribution in [0.15, 0.2) is 66.9 Å². The van der Waals surface area contributed by atoms with Crippen molar-refractivity contribution in [2.45, 2.75) is 57.8 Å². The summed E-state index contributed by atoms with van der Waals surface area (Å²) in [4.78, 5) is 5.25. The van der Waals surface area contributed by atoms with E-state index >= 15 is 0 Å². The molecule has 1 radical (unpaired) electrons. The average molecular weight is 433 g/mol. The highest BCUT2D eigenvalue weighted by Gasteiger charge is 2.39. The summed E-state index contributed by atoms with van der Waals surface area (Å²) in [5, 5.41) is 7.60. The molecule has 0 aliphatic heterocycles. The van der Waals surface area contributed by atoms with Crippen molar-refractivity contribution in [1.82, 2.24) is 15.2 Å². The highest BCUT2D eigenvalue weighted by atomic mass is 15.1. The molecule has 33 heavy (non-hydrogen) atoms. The van der Waals surface area contributed by atoms with Gasteiger partial charge in [0, 0.05) is 22.9 Å². The number of rotatable bonds is 5. The van der Waals surface area contributed by atoms with Crippen molar-refractivity contribution < 1.29 is 0 Å². The Balaban J connectivity index is 1.46. The third-order valence-electron chi connectivity index (χ3n) is 7.57. The molecule has 0 atom stereocenters. The van der Waals surface area contributed by atoms with E-state index in [0.717, 1.165) is 29.9 Å². The van der Waals surface area contributed by atoms with Gasteiger partial charge >= 0.3 is 0 Å². The molecule has 0 bridgehead atoms. The highest BCUT2D eigenvalue weighted by molar-refractivity contribution is 5.85. The number of hydrogen-bond donors (Lipinski definition) is 1. The molecule has 2 aromatic heterocycles. The number of fused-ring (bicyclic) bond motifs is 3. The van der Waals surface area contributed by atoms with E-state index in [4.69, 9.17) is 4.98 Å². The first-order valence-electron chi connectivity index (χ1n) is 12.2. The van der Waals surface area contributed by atoms with Crippen molar-refractivity contribution in [1.29, 1.82) is 0 Å². The number of aromatic nitrogens is 3. The maximum atomic E-state index is 5.25. The van der Waals surface area contributed by atoms with Crippen molar-refractivity contribution in [3.63, 3.8) is 0 Å². The Bertz CT molecular complexity index is 1280. The molecule has 2 aromatic carbocycles. The van der Waals surface area contributed by atoms with Crippen LogP contribution >= 0.6 is 0 Å². The summed E-state index contributed by atoms with van der Waals surface area (Å²) in [6.45, 7) is 4.53. The standard InChI is InChI=1S/C30H30N3/c1-20(2)18-30(15-6-16-30)24-12-9-22(10-13-24)28-25(21-7-4-3-5-8-21)17-26-27(32-28)14-11-23-19-31-33-29(23)26/h3-5,7-10,12-13,17,19H,6,11,14-16,18H2,1-2H3,(H,31,33). The average Bonchev–Trinajstić information content (AvgIpc) is 3.31. The Morgan fingerprint density at radius 1 is 0.879 bits per heavy atom. The van der Waals surface area contributed by atoms with Crippen LogP contribution in [0.2, 0.25) is 0 Å². The fourth-order valence-corrected chi connectivity index (χ4v) is 5.83. The van der Waals surface area contributed by atoms with Gasteiger partial charge in [-0.25, -0.2) is 0 Å². The Kier molecular flexibility index (Phi) is 4.94. The summed E-state index contributed by atoms with van der Waals surface area (Å²) in [6.07, 6.45) is 9.12. The van der Waals surface area contributed by atoms with Crippen molar-refractivity contribution in [3.05, 3.63) is 89.6 Å². The largest absolute Gasteiger partial charge is 0.285 e. The first-order valence-corrected chi connectivity index (χ1v) is 12.2. The monoisotopic (exact) mass is 432 g/mol. The van der Waals surface area contributed by atoms with Crippen molar-refractivity contribution in [2.24, 2.45) is 0 Å². The van der Waals surface area contributed by atoms with Crippen LogP contribution in [0.4, 0.5) is 0 Å². The van der Waals surface area contributed by atoms with Gasteiger partial charge in [0.25, 0.3) is 0 Å². The highest BCUT2D eigenvalue weighted by Crippen LogP contribution is 2.49. The molecule has 6 rings (SSSR count). The van der Waals surface area contributed by atoms with E-state index in [1.807, 2.05) is 6.20 Å². The number of pyridine rings is 1. The van der Waals surface area contributed by atoms with Crippen LogP contribution in [0.25, 0.3) is 33.6 Å². The fraction of sp³-hybridized carbons (Fsp3) is 0.300. The number of nitrogens with zero attached hydrogens (tertiary/aromatic N) is 2. The number of H-pyrrole nitrogens is 1. The summed E-state index contributed by atoms with van der Waals surface area (Å²) in [5.41, 5.74) is 11.1. The number of nitrogens with one attached hydrogen (secondary N) is 1. The van der Waals surface area contributed by atoms with Crippen LogP contribution < -0.4 is 0 Å². The first-order chi connectivity index (χ1) is 16.1. The predicted molar refractivity (Wildman–Crippen MR) is 135 cm³/mol. The molecule has 0 unspecified atom stereocenters. The molecule has 2 aliphatic rings. The minimum absolute atomic E-state index is 0.346. The van der Waals surface area contributed by atoms with Gasteiger partial charge in [-0.15, -0.1) is 0 Å². The van der Waals surface area contributed by atoms with Crippen LogP contribution in [0, 0.1) is 5.92 Å². The van der Waals surface area contributed by atoms with Crippen molar-refractivity contribution in [2.75, 3.05) is 0 Å². The van der Waals surface area contributed by atoms with Crippen LogP contribution in [0.1, 0.15) is 56.4 Å². The normalized spacial score (nSPS) is 16.2. The first kappa shape index (κ1) is 20.4. The molecular formula is C30H30N3. The number of aromatic amines is 1.